The van der Waals surface area contributed by atoms with Crippen LogP contribution in [0, 0.1) is 6.92 Å². The molecule has 0 saturated carbocycles. The molecule has 0 aliphatic heterocycles. The summed E-state index contributed by atoms with van der Waals surface area (Å²) in [5, 5.41) is 4.37. The fraction of sp³-hybridized carbons (Fsp3) is 0.143. The molecule has 4 rings (SSSR count). The molecule has 0 aliphatic rings. The Morgan fingerprint density at radius 3 is 2.07 bits per heavy atom. The summed E-state index contributed by atoms with van der Waals surface area (Å²) in [4.78, 5) is 23.5. The number of aromatic nitrogens is 4. The van der Waals surface area contributed by atoms with E-state index in [1.807, 2.05) is 73.7 Å². The van der Waals surface area contributed by atoms with Gasteiger partial charge in [-0.05, 0) is 24.1 Å². The maximum absolute atomic E-state index is 13.2. The molecule has 0 spiro atoms. The van der Waals surface area contributed by atoms with Gasteiger partial charge in [0, 0.05) is 25.0 Å². The molecular formula is C21H19N5O. The quantitative estimate of drug-likeness (QED) is 0.550. The zero-order chi connectivity index (χ0) is 18.6. The lowest BCUT2D eigenvalue weighted by molar-refractivity contribution is 0.0718. The molecule has 6 heteroatoms. The van der Waals surface area contributed by atoms with Crippen molar-refractivity contribution in [1.82, 2.24) is 24.5 Å². The topological polar surface area (TPSA) is 63.4 Å². The first-order valence-electron chi connectivity index (χ1n) is 8.76. The molecule has 0 atom stereocenters. The lowest BCUT2D eigenvalue weighted by Crippen LogP contribution is -2.31. The minimum atomic E-state index is -0.215. The van der Waals surface area contributed by atoms with E-state index in [0.29, 0.717) is 18.9 Å². The summed E-state index contributed by atoms with van der Waals surface area (Å²) in [6.07, 6.45) is 1.67. The van der Waals surface area contributed by atoms with Gasteiger partial charge in [0.05, 0.1) is 0 Å². The molecule has 2 aromatic carbocycles. The van der Waals surface area contributed by atoms with E-state index in [9.17, 15) is 4.79 Å². The van der Waals surface area contributed by atoms with E-state index in [-0.39, 0.29) is 11.7 Å². The van der Waals surface area contributed by atoms with E-state index in [0.717, 1.165) is 16.8 Å². The van der Waals surface area contributed by atoms with Gasteiger partial charge in [-0.25, -0.2) is 9.50 Å². The number of benzene rings is 2. The number of hydrogen-bond acceptors (Lipinski definition) is 4. The first-order valence-corrected chi connectivity index (χ1v) is 8.76. The number of nitrogens with zero attached hydrogens (tertiary/aromatic N) is 5. The molecule has 27 heavy (non-hydrogen) atoms. The molecule has 0 radical (unpaired) electrons. The third-order valence-corrected chi connectivity index (χ3v) is 4.34. The highest BCUT2D eigenvalue weighted by Gasteiger charge is 2.22. The van der Waals surface area contributed by atoms with Gasteiger partial charge < -0.3 is 4.90 Å². The highest BCUT2D eigenvalue weighted by molar-refractivity contribution is 5.90. The molecule has 2 aromatic heterocycles. The standard InChI is InChI=1S/C21H19N5O/c1-16-12-13-22-21-23-19(24-26(16)21)20(27)25(14-17-8-4-2-5-9-17)15-18-10-6-3-7-11-18/h2-13H,14-15H2,1H3. The van der Waals surface area contributed by atoms with Crippen LogP contribution < -0.4 is 0 Å². The molecule has 0 saturated heterocycles. The highest BCUT2D eigenvalue weighted by Crippen LogP contribution is 2.13. The lowest BCUT2D eigenvalue weighted by atomic mass is 10.1. The Balaban J connectivity index is 1.67. The van der Waals surface area contributed by atoms with E-state index in [2.05, 4.69) is 15.1 Å². The van der Waals surface area contributed by atoms with E-state index >= 15 is 0 Å². The van der Waals surface area contributed by atoms with E-state index in [1.165, 1.54) is 0 Å². The molecule has 0 N–H and O–H groups in total. The number of hydrogen-bond donors (Lipinski definition) is 0. The van der Waals surface area contributed by atoms with Crippen molar-refractivity contribution in [3.63, 3.8) is 0 Å². The van der Waals surface area contributed by atoms with Crippen LogP contribution in [0.5, 0.6) is 0 Å². The normalized spacial score (nSPS) is 10.9. The van der Waals surface area contributed by atoms with Crippen LogP contribution in [-0.4, -0.2) is 30.4 Å². The van der Waals surface area contributed by atoms with Crippen molar-refractivity contribution in [3.8, 4) is 0 Å². The van der Waals surface area contributed by atoms with Crippen LogP contribution in [0.2, 0.25) is 0 Å². The third-order valence-electron chi connectivity index (χ3n) is 4.34. The number of carbonyl (C=O) groups is 1. The van der Waals surface area contributed by atoms with Gasteiger partial charge in [-0.2, -0.15) is 4.98 Å². The Bertz CT molecular complexity index is 1020. The van der Waals surface area contributed by atoms with Gasteiger partial charge >= 0.3 is 0 Å². The van der Waals surface area contributed by atoms with Crippen molar-refractivity contribution >= 4 is 11.7 Å². The van der Waals surface area contributed by atoms with E-state index in [4.69, 9.17) is 0 Å². The Morgan fingerprint density at radius 2 is 1.52 bits per heavy atom. The summed E-state index contributed by atoms with van der Waals surface area (Å²) in [5.41, 5.74) is 2.99. The average Bonchev–Trinajstić information content (AvgIpc) is 3.14. The van der Waals surface area contributed by atoms with Crippen molar-refractivity contribution in [2.24, 2.45) is 0 Å². The maximum Gasteiger partial charge on any atom is 0.294 e. The second kappa shape index (κ2) is 7.37. The van der Waals surface area contributed by atoms with Crippen LogP contribution in [0.25, 0.3) is 5.78 Å². The second-order valence-electron chi connectivity index (χ2n) is 6.37. The molecule has 134 valence electrons. The second-order valence-corrected chi connectivity index (χ2v) is 6.37. The summed E-state index contributed by atoms with van der Waals surface area (Å²) in [6.45, 7) is 2.87. The predicted molar refractivity (Wildman–Crippen MR) is 102 cm³/mol. The molecule has 0 unspecified atom stereocenters. The zero-order valence-electron chi connectivity index (χ0n) is 15.0. The molecule has 0 fully saturated rings. The molecule has 1 amide bonds. The van der Waals surface area contributed by atoms with Gasteiger partial charge in [0.15, 0.2) is 0 Å². The third kappa shape index (κ3) is 3.69. The van der Waals surface area contributed by atoms with Gasteiger partial charge in [-0.3, -0.25) is 4.79 Å². The summed E-state index contributed by atoms with van der Waals surface area (Å²) in [7, 11) is 0. The van der Waals surface area contributed by atoms with Crippen LogP contribution in [-0.2, 0) is 13.1 Å². The van der Waals surface area contributed by atoms with Gasteiger partial charge in [-0.15, -0.1) is 5.10 Å². The Kier molecular flexibility index (Phi) is 4.61. The zero-order valence-corrected chi connectivity index (χ0v) is 15.0. The molecule has 2 heterocycles. The van der Waals surface area contributed by atoms with Crippen molar-refractivity contribution in [1.29, 1.82) is 0 Å². The fourth-order valence-corrected chi connectivity index (χ4v) is 2.95. The minimum Gasteiger partial charge on any atom is -0.327 e. The van der Waals surface area contributed by atoms with E-state index < -0.39 is 0 Å². The maximum atomic E-state index is 13.2. The summed E-state index contributed by atoms with van der Waals surface area (Å²) in [6, 6.07) is 21.7. The molecule has 4 aromatic rings. The average molecular weight is 357 g/mol. The van der Waals surface area contributed by atoms with Crippen LogP contribution in [0.3, 0.4) is 0 Å². The number of fused-ring (bicyclic) bond motifs is 1. The van der Waals surface area contributed by atoms with E-state index in [1.54, 1.807) is 15.6 Å². The monoisotopic (exact) mass is 357 g/mol. The van der Waals surface area contributed by atoms with Gasteiger partial charge in [0.2, 0.25) is 5.82 Å². The molecular weight excluding hydrogens is 338 g/mol. The van der Waals surface area contributed by atoms with Crippen LogP contribution in [0.15, 0.2) is 72.9 Å². The number of rotatable bonds is 5. The Hall–Kier alpha value is -3.54. The number of amides is 1. The van der Waals surface area contributed by atoms with Crippen molar-refractivity contribution in [2.45, 2.75) is 20.0 Å². The number of aryl methyl sites for hydroxylation is 1. The summed E-state index contributed by atoms with van der Waals surface area (Å²) < 4.78 is 1.59. The predicted octanol–water partition coefficient (Wildman–Crippen LogP) is 3.28. The van der Waals surface area contributed by atoms with Crippen molar-refractivity contribution in [3.05, 3.63) is 95.6 Å². The molecule has 6 nitrogen and oxygen atoms in total. The highest BCUT2D eigenvalue weighted by atomic mass is 16.2. The van der Waals surface area contributed by atoms with Gasteiger partial charge in [-0.1, -0.05) is 60.7 Å². The first-order chi connectivity index (χ1) is 13.2. The SMILES string of the molecule is Cc1ccnc2nc(C(=O)N(Cc3ccccc3)Cc3ccccc3)nn12. The fourth-order valence-electron chi connectivity index (χ4n) is 2.95. The largest absolute Gasteiger partial charge is 0.327 e. The lowest BCUT2D eigenvalue weighted by Gasteiger charge is -2.21. The van der Waals surface area contributed by atoms with Crippen LogP contribution >= 0.6 is 0 Å². The molecule has 0 bridgehead atoms. The van der Waals surface area contributed by atoms with Crippen LogP contribution in [0.4, 0.5) is 0 Å². The van der Waals surface area contributed by atoms with Gasteiger partial charge in [0.25, 0.3) is 11.7 Å². The smallest absolute Gasteiger partial charge is 0.294 e. The summed E-state index contributed by atoms with van der Waals surface area (Å²) in [5.74, 6) is 0.369. The first kappa shape index (κ1) is 16.9. The van der Waals surface area contributed by atoms with Crippen LogP contribution in [0.1, 0.15) is 27.4 Å². The number of carbonyl (C=O) groups excluding carboxylic acids is 1. The Labute approximate surface area is 157 Å². The summed E-state index contributed by atoms with van der Waals surface area (Å²) >= 11 is 0. The minimum absolute atomic E-state index is 0.156. The van der Waals surface area contributed by atoms with Gasteiger partial charge in [0.1, 0.15) is 0 Å². The van der Waals surface area contributed by atoms with Crippen molar-refractivity contribution in [2.75, 3.05) is 0 Å². The van der Waals surface area contributed by atoms with Crippen molar-refractivity contribution < 1.29 is 4.79 Å². The molecule has 0 aliphatic carbocycles. The Morgan fingerprint density at radius 1 is 0.926 bits per heavy atom.